The lowest BCUT2D eigenvalue weighted by Gasteiger charge is -2.11. The first-order valence-electron chi connectivity index (χ1n) is 6.33. The van der Waals surface area contributed by atoms with E-state index in [0.717, 1.165) is 24.0 Å². The number of aryl methyl sites for hydroxylation is 2. The van der Waals surface area contributed by atoms with E-state index < -0.39 is 0 Å². The molecule has 0 spiro atoms. The monoisotopic (exact) mass is 245 g/mol. The predicted octanol–water partition coefficient (Wildman–Crippen LogP) is 1.91. The number of hydrogen-bond acceptors (Lipinski definition) is 2. The van der Waals surface area contributed by atoms with E-state index in [1.807, 2.05) is 20.8 Å². The Bertz CT molecular complexity index is 558. The molecule has 96 valence electrons. The Morgan fingerprint density at radius 1 is 1.28 bits per heavy atom. The molecule has 3 nitrogen and oxygen atoms in total. The molecule has 0 amide bonds. The van der Waals surface area contributed by atoms with Crippen molar-refractivity contribution in [3.8, 4) is 11.8 Å². The van der Waals surface area contributed by atoms with E-state index in [2.05, 4.69) is 11.8 Å². The summed E-state index contributed by atoms with van der Waals surface area (Å²) in [7, 11) is 1.69. The summed E-state index contributed by atoms with van der Waals surface area (Å²) in [6.07, 6.45) is 3.20. The van der Waals surface area contributed by atoms with E-state index in [4.69, 9.17) is 0 Å². The topological polar surface area (TPSA) is 39.1 Å². The maximum absolute atomic E-state index is 11.5. The Hall–Kier alpha value is -1.82. The number of carbonyl (C=O) groups is 1. The molecule has 1 aliphatic carbocycles. The first-order chi connectivity index (χ1) is 8.58. The fourth-order valence-electron chi connectivity index (χ4n) is 1.74. The third-order valence-electron chi connectivity index (χ3n) is 2.93. The minimum Gasteiger partial charge on any atom is -0.317 e. The van der Waals surface area contributed by atoms with Crippen LogP contribution in [0.1, 0.15) is 38.3 Å². The van der Waals surface area contributed by atoms with Gasteiger partial charge in [0.2, 0.25) is 5.78 Å². The maximum Gasteiger partial charge on any atom is 0.250 e. The number of pyridine rings is 1. The van der Waals surface area contributed by atoms with Crippen LogP contribution in [0.4, 0.5) is 0 Å². The van der Waals surface area contributed by atoms with Crippen LogP contribution in [-0.2, 0) is 18.3 Å². The van der Waals surface area contributed by atoms with Gasteiger partial charge in [0.25, 0.3) is 5.56 Å². The van der Waals surface area contributed by atoms with Gasteiger partial charge in [-0.15, -0.1) is 0 Å². The van der Waals surface area contributed by atoms with Gasteiger partial charge in [-0.3, -0.25) is 9.59 Å². The molecule has 0 bridgehead atoms. The van der Waals surface area contributed by atoms with Crippen molar-refractivity contribution in [2.45, 2.75) is 33.6 Å². The van der Waals surface area contributed by atoms with Crippen molar-refractivity contribution in [3.05, 3.63) is 33.7 Å². The molecular formula is C15H19NO2. The SMILES string of the molecule is CC.CC1CCc2cc(=O)n(C)cc2C#CC1=O. The Morgan fingerprint density at radius 2 is 1.94 bits per heavy atom. The Balaban J connectivity index is 0.000000771. The van der Waals surface area contributed by atoms with Gasteiger partial charge < -0.3 is 4.57 Å². The standard InChI is InChI=1S/C13H13NO2.C2H6/c1-9-3-4-10-7-13(16)14(2)8-11(10)5-6-12(9)15;1-2/h7-9H,3-4H2,1-2H3;1-2H3. The van der Waals surface area contributed by atoms with Gasteiger partial charge in [-0.25, -0.2) is 0 Å². The summed E-state index contributed by atoms with van der Waals surface area (Å²) in [5, 5.41) is 0. The quantitative estimate of drug-likeness (QED) is 0.655. The minimum absolute atomic E-state index is 0.0143. The second-order valence-corrected chi connectivity index (χ2v) is 4.22. The van der Waals surface area contributed by atoms with E-state index in [9.17, 15) is 9.59 Å². The van der Waals surface area contributed by atoms with Gasteiger partial charge in [-0.2, -0.15) is 0 Å². The average molecular weight is 245 g/mol. The van der Waals surface area contributed by atoms with Crippen molar-refractivity contribution >= 4 is 5.78 Å². The van der Waals surface area contributed by atoms with Crippen LogP contribution in [0, 0.1) is 17.8 Å². The number of ketones is 1. The average Bonchev–Trinajstić information content (AvgIpc) is 2.38. The molecular weight excluding hydrogens is 226 g/mol. The lowest BCUT2D eigenvalue weighted by molar-refractivity contribution is -0.117. The van der Waals surface area contributed by atoms with Crippen LogP contribution in [0.3, 0.4) is 0 Å². The lowest BCUT2D eigenvalue weighted by atomic mass is 9.93. The van der Waals surface area contributed by atoms with Crippen molar-refractivity contribution < 1.29 is 4.79 Å². The molecule has 1 heterocycles. The van der Waals surface area contributed by atoms with E-state index in [-0.39, 0.29) is 17.3 Å². The second kappa shape index (κ2) is 6.20. The molecule has 0 aliphatic heterocycles. The molecule has 0 radical (unpaired) electrons. The Kier molecular flexibility index (Phi) is 4.91. The van der Waals surface area contributed by atoms with Gasteiger partial charge in [0, 0.05) is 30.8 Å². The molecule has 0 fully saturated rings. The van der Waals surface area contributed by atoms with Crippen molar-refractivity contribution in [2.24, 2.45) is 13.0 Å². The summed E-state index contributed by atoms with van der Waals surface area (Å²) < 4.78 is 1.49. The predicted molar refractivity (Wildman–Crippen MR) is 72.4 cm³/mol. The van der Waals surface area contributed by atoms with Crippen LogP contribution in [0.2, 0.25) is 0 Å². The summed E-state index contributed by atoms with van der Waals surface area (Å²) in [6, 6.07) is 1.62. The van der Waals surface area contributed by atoms with Crippen LogP contribution in [-0.4, -0.2) is 10.4 Å². The summed E-state index contributed by atoms with van der Waals surface area (Å²) in [5.41, 5.74) is 1.72. The summed E-state index contributed by atoms with van der Waals surface area (Å²) in [4.78, 5) is 23.0. The highest BCUT2D eigenvalue weighted by Gasteiger charge is 2.14. The number of Topliss-reactive ketones (excluding diaryl/α,β-unsaturated/α-hetero) is 1. The summed E-state index contributed by atoms with van der Waals surface area (Å²) in [5.74, 6) is 5.44. The summed E-state index contributed by atoms with van der Waals surface area (Å²) in [6.45, 7) is 5.88. The molecule has 18 heavy (non-hydrogen) atoms. The molecule has 3 heteroatoms. The van der Waals surface area contributed by atoms with Crippen LogP contribution in [0.25, 0.3) is 0 Å². The van der Waals surface area contributed by atoms with Crippen LogP contribution in [0.15, 0.2) is 17.1 Å². The maximum atomic E-state index is 11.5. The Labute approximate surface area is 108 Å². The molecule has 0 aromatic carbocycles. The minimum atomic E-state index is -0.0373. The largest absolute Gasteiger partial charge is 0.317 e. The number of fused-ring (bicyclic) bond motifs is 1. The molecule has 0 saturated carbocycles. The third-order valence-corrected chi connectivity index (χ3v) is 2.93. The van der Waals surface area contributed by atoms with Crippen molar-refractivity contribution in [1.82, 2.24) is 4.57 Å². The van der Waals surface area contributed by atoms with Gasteiger partial charge in [-0.05, 0) is 24.3 Å². The molecule has 1 atom stereocenters. The van der Waals surface area contributed by atoms with Crippen molar-refractivity contribution in [2.75, 3.05) is 0 Å². The van der Waals surface area contributed by atoms with E-state index in [0.29, 0.717) is 0 Å². The highest BCUT2D eigenvalue weighted by Crippen LogP contribution is 2.14. The highest BCUT2D eigenvalue weighted by molar-refractivity contribution is 5.97. The molecule has 0 N–H and O–H groups in total. The zero-order valence-electron chi connectivity index (χ0n) is 11.4. The fourth-order valence-corrected chi connectivity index (χ4v) is 1.74. The first kappa shape index (κ1) is 14.2. The smallest absolute Gasteiger partial charge is 0.250 e. The van der Waals surface area contributed by atoms with Crippen LogP contribution in [0.5, 0.6) is 0 Å². The van der Waals surface area contributed by atoms with Gasteiger partial charge >= 0.3 is 0 Å². The van der Waals surface area contributed by atoms with Crippen molar-refractivity contribution in [1.29, 1.82) is 0 Å². The van der Waals surface area contributed by atoms with Gasteiger partial charge in [0.05, 0.1) is 0 Å². The zero-order chi connectivity index (χ0) is 13.7. The van der Waals surface area contributed by atoms with Gasteiger partial charge in [0.1, 0.15) is 0 Å². The van der Waals surface area contributed by atoms with Crippen LogP contribution >= 0.6 is 0 Å². The van der Waals surface area contributed by atoms with Crippen LogP contribution < -0.4 is 5.56 Å². The number of nitrogens with zero attached hydrogens (tertiary/aromatic N) is 1. The number of hydrogen-bond donors (Lipinski definition) is 0. The summed E-state index contributed by atoms with van der Waals surface area (Å²) >= 11 is 0. The first-order valence-corrected chi connectivity index (χ1v) is 6.33. The van der Waals surface area contributed by atoms with Gasteiger partial charge in [0.15, 0.2) is 0 Å². The molecule has 0 saturated heterocycles. The molecule has 1 aromatic heterocycles. The van der Waals surface area contributed by atoms with Gasteiger partial charge in [-0.1, -0.05) is 26.7 Å². The molecule has 2 rings (SSSR count). The molecule has 1 aliphatic rings. The lowest BCUT2D eigenvalue weighted by Crippen LogP contribution is -2.19. The highest BCUT2D eigenvalue weighted by atomic mass is 16.1. The van der Waals surface area contributed by atoms with Crippen molar-refractivity contribution in [3.63, 3.8) is 0 Å². The zero-order valence-corrected chi connectivity index (χ0v) is 11.4. The number of rotatable bonds is 0. The Morgan fingerprint density at radius 3 is 2.61 bits per heavy atom. The molecule has 1 aromatic rings. The second-order valence-electron chi connectivity index (χ2n) is 4.22. The number of aromatic nitrogens is 1. The van der Waals surface area contributed by atoms with E-state index in [1.165, 1.54) is 4.57 Å². The van der Waals surface area contributed by atoms with E-state index in [1.54, 1.807) is 19.3 Å². The third kappa shape index (κ3) is 3.10. The normalized spacial score (nSPS) is 17.3. The number of carbonyl (C=O) groups excluding carboxylic acids is 1. The molecule has 1 unspecified atom stereocenters. The fraction of sp³-hybridized carbons (Fsp3) is 0.467. The van der Waals surface area contributed by atoms with E-state index >= 15 is 0 Å².